The van der Waals surface area contributed by atoms with E-state index < -0.39 is 29.6 Å². The van der Waals surface area contributed by atoms with Crippen LogP contribution in [0.1, 0.15) is 64.2 Å². The van der Waals surface area contributed by atoms with Gasteiger partial charge in [0.15, 0.2) is 0 Å². The van der Waals surface area contributed by atoms with Crippen LogP contribution in [0.4, 0.5) is 5.69 Å². The van der Waals surface area contributed by atoms with Crippen molar-refractivity contribution < 1.29 is 19.1 Å². The highest BCUT2D eigenvalue weighted by Gasteiger charge is 2.73. The van der Waals surface area contributed by atoms with Gasteiger partial charge in [-0.1, -0.05) is 62.3 Å². The number of hydrogen-bond donors (Lipinski definition) is 2. The lowest BCUT2D eigenvalue weighted by Crippen LogP contribution is -2.58. The lowest BCUT2D eigenvalue weighted by atomic mass is 9.74. The first-order chi connectivity index (χ1) is 17.5. The lowest BCUT2D eigenvalue weighted by Gasteiger charge is -2.39. The number of fused-ring (bicyclic) bond motifs is 1. The smallest absolute Gasteiger partial charge is 0.246 e. The molecule has 2 saturated heterocycles. The van der Waals surface area contributed by atoms with Gasteiger partial charge in [-0.2, -0.15) is 0 Å². The number of likely N-dealkylation sites (tertiary alicyclic amines) is 1. The van der Waals surface area contributed by atoms with Gasteiger partial charge in [-0.05, 0) is 49.9 Å². The molecule has 2 saturated carbocycles. The number of hydrogen-bond acceptors (Lipinski definition) is 4. The number of carbonyl (C=O) groups excluding carboxylic acids is 3. The summed E-state index contributed by atoms with van der Waals surface area (Å²) in [5.41, 5.74) is -0.480. The van der Waals surface area contributed by atoms with E-state index in [9.17, 15) is 14.4 Å². The molecule has 5 aliphatic rings. The number of benzene rings is 1. The molecule has 2 aliphatic carbocycles. The molecule has 0 unspecified atom stereocenters. The minimum Gasteiger partial charge on any atom is -0.359 e. The Morgan fingerprint density at radius 3 is 2.31 bits per heavy atom. The SMILES string of the molecule is O=C(Nc1ccc(Cl)cc1)[C@H]1[C@H]2C=C[C@@]3(O2)[C@H]1C(=O)N(C1CCCCC1)[C@@H]3C(=O)NC1CCCCC1. The molecule has 0 radical (unpaired) electrons. The summed E-state index contributed by atoms with van der Waals surface area (Å²) >= 11 is 5.99. The topological polar surface area (TPSA) is 87.7 Å². The van der Waals surface area contributed by atoms with Crippen LogP contribution >= 0.6 is 11.6 Å². The average molecular weight is 512 g/mol. The van der Waals surface area contributed by atoms with E-state index in [4.69, 9.17) is 16.3 Å². The first-order valence-electron chi connectivity index (χ1n) is 13.5. The van der Waals surface area contributed by atoms with E-state index in [1.165, 1.54) is 6.42 Å². The van der Waals surface area contributed by atoms with Gasteiger partial charge in [0.25, 0.3) is 0 Å². The summed E-state index contributed by atoms with van der Waals surface area (Å²) in [6.45, 7) is 0. The third-order valence-corrected chi connectivity index (χ3v) is 9.15. The molecule has 0 aromatic heterocycles. The van der Waals surface area contributed by atoms with E-state index >= 15 is 0 Å². The summed E-state index contributed by atoms with van der Waals surface area (Å²) in [4.78, 5) is 43.4. The predicted molar refractivity (Wildman–Crippen MR) is 136 cm³/mol. The fourth-order valence-corrected chi connectivity index (χ4v) is 7.37. The van der Waals surface area contributed by atoms with Crippen molar-refractivity contribution in [1.29, 1.82) is 0 Å². The fraction of sp³-hybridized carbons (Fsp3) is 0.607. The molecule has 1 spiro atoms. The van der Waals surface area contributed by atoms with E-state index in [0.717, 1.165) is 57.8 Å². The molecule has 6 rings (SSSR count). The van der Waals surface area contributed by atoms with Crippen molar-refractivity contribution in [1.82, 2.24) is 10.2 Å². The van der Waals surface area contributed by atoms with Crippen molar-refractivity contribution in [3.63, 3.8) is 0 Å². The molecule has 4 fully saturated rings. The number of halogens is 1. The van der Waals surface area contributed by atoms with Crippen molar-refractivity contribution in [2.24, 2.45) is 11.8 Å². The van der Waals surface area contributed by atoms with Crippen molar-refractivity contribution in [3.05, 3.63) is 41.4 Å². The molecule has 36 heavy (non-hydrogen) atoms. The van der Waals surface area contributed by atoms with Crippen LogP contribution < -0.4 is 10.6 Å². The Kier molecular flexibility index (Phi) is 6.32. The third-order valence-electron chi connectivity index (χ3n) is 8.89. The maximum absolute atomic E-state index is 14.1. The zero-order valence-electron chi connectivity index (χ0n) is 20.5. The molecular formula is C28H34ClN3O4. The van der Waals surface area contributed by atoms with Crippen molar-refractivity contribution in [2.45, 2.75) is 94.0 Å². The van der Waals surface area contributed by atoms with E-state index in [2.05, 4.69) is 10.6 Å². The number of amides is 3. The largest absolute Gasteiger partial charge is 0.359 e. The van der Waals surface area contributed by atoms with Crippen molar-refractivity contribution in [3.8, 4) is 0 Å². The lowest BCUT2D eigenvalue weighted by molar-refractivity contribution is -0.144. The maximum atomic E-state index is 14.1. The molecule has 8 heteroatoms. The van der Waals surface area contributed by atoms with Crippen molar-refractivity contribution >= 4 is 35.0 Å². The van der Waals surface area contributed by atoms with Crippen LogP contribution in [0.3, 0.4) is 0 Å². The number of rotatable bonds is 5. The van der Waals surface area contributed by atoms with Crippen LogP contribution in [0.25, 0.3) is 0 Å². The van der Waals surface area contributed by atoms with Crippen LogP contribution in [0.2, 0.25) is 5.02 Å². The minimum atomic E-state index is -1.10. The molecule has 7 nitrogen and oxygen atoms in total. The second-order valence-corrected chi connectivity index (χ2v) is 11.5. The Morgan fingerprint density at radius 1 is 0.944 bits per heavy atom. The average Bonchev–Trinajstić information content (AvgIpc) is 3.54. The predicted octanol–water partition coefficient (Wildman–Crippen LogP) is 4.21. The number of ether oxygens (including phenoxy) is 1. The summed E-state index contributed by atoms with van der Waals surface area (Å²) in [6, 6.07) is 6.31. The molecular weight excluding hydrogens is 478 g/mol. The molecule has 2 N–H and O–H groups in total. The molecule has 1 aromatic rings. The van der Waals surface area contributed by atoms with Gasteiger partial charge in [0, 0.05) is 22.8 Å². The maximum Gasteiger partial charge on any atom is 0.246 e. The zero-order valence-corrected chi connectivity index (χ0v) is 21.2. The van der Waals surface area contributed by atoms with Gasteiger partial charge >= 0.3 is 0 Å². The van der Waals surface area contributed by atoms with Gasteiger partial charge in [0.05, 0.1) is 17.9 Å². The highest BCUT2D eigenvalue weighted by molar-refractivity contribution is 6.30. The molecule has 3 aliphatic heterocycles. The Bertz CT molecular complexity index is 1060. The van der Waals surface area contributed by atoms with E-state index in [1.54, 1.807) is 24.3 Å². The first-order valence-corrected chi connectivity index (χ1v) is 13.9. The second-order valence-electron chi connectivity index (χ2n) is 11.1. The van der Waals surface area contributed by atoms with Gasteiger partial charge in [-0.25, -0.2) is 0 Å². The Hall–Kier alpha value is -2.38. The first kappa shape index (κ1) is 24.0. The normalized spacial score (nSPS) is 34.1. The quantitative estimate of drug-likeness (QED) is 0.580. The number of nitrogens with one attached hydrogen (secondary N) is 2. The second kappa shape index (κ2) is 9.49. The highest BCUT2D eigenvalue weighted by atomic mass is 35.5. The van der Waals surface area contributed by atoms with Gasteiger partial charge in [0.2, 0.25) is 17.7 Å². The number of anilines is 1. The Balaban J connectivity index is 1.31. The van der Waals surface area contributed by atoms with E-state index in [1.807, 2.05) is 17.1 Å². The minimum absolute atomic E-state index is 0.00403. The Labute approximate surface area is 217 Å². The molecule has 1 aromatic carbocycles. The van der Waals surface area contributed by atoms with Gasteiger partial charge in [0.1, 0.15) is 11.6 Å². The van der Waals surface area contributed by atoms with E-state index in [0.29, 0.717) is 10.7 Å². The molecule has 2 bridgehead atoms. The van der Waals surface area contributed by atoms with Gasteiger partial charge < -0.3 is 20.3 Å². The van der Waals surface area contributed by atoms with Gasteiger partial charge in [-0.3, -0.25) is 14.4 Å². The van der Waals surface area contributed by atoms with Crippen LogP contribution in [0, 0.1) is 11.8 Å². The highest BCUT2D eigenvalue weighted by Crippen LogP contribution is 2.56. The number of carbonyl (C=O) groups is 3. The summed E-state index contributed by atoms with van der Waals surface area (Å²) in [5.74, 6) is -1.90. The third kappa shape index (κ3) is 3.95. The molecule has 5 atom stereocenters. The fourth-order valence-electron chi connectivity index (χ4n) is 7.24. The van der Waals surface area contributed by atoms with Crippen LogP contribution in [0.15, 0.2) is 36.4 Å². The van der Waals surface area contributed by atoms with Gasteiger partial charge in [-0.15, -0.1) is 0 Å². The van der Waals surface area contributed by atoms with Crippen LogP contribution in [0.5, 0.6) is 0 Å². The Morgan fingerprint density at radius 2 is 1.61 bits per heavy atom. The summed E-state index contributed by atoms with van der Waals surface area (Å²) in [7, 11) is 0. The zero-order chi connectivity index (χ0) is 24.9. The van der Waals surface area contributed by atoms with E-state index in [-0.39, 0.29) is 29.8 Å². The summed E-state index contributed by atoms with van der Waals surface area (Å²) < 4.78 is 6.47. The number of nitrogens with zero attached hydrogens (tertiary/aromatic N) is 1. The van der Waals surface area contributed by atoms with Crippen LogP contribution in [-0.2, 0) is 19.1 Å². The monoisotopic (exact) mass is 511 g/mol. The molecule has 3 amide bonds. The molecule has 192 valence electrons. The summed E-state index contributed by atoms with van der Waals surface area (Å²) in [5, 5.41) is 6.80. The van der Waals surface area contributed by atoms with Crippen LogP contribution in [-0.4, -0.2) is 52.5 Å². The van der Waals surface area contributed by atoms with Crippen molar-refractivity contribution in [2.75, 3.05) is 5.32 Å². The molecule has 3 heterocycles. The summed E-state index contributed by atoms with van der Waals surface area (Å²) in [6.07, 6.45) is 13.6. The standard InChI is InChI=1S/C28H34ClN3O4/c29-17-11-13-19(14-12-17)30-25(33)22-21-15-16-28(36-21)23(22)27(35)32(20-9-5-2-6-10-20)24(28)26(34)31-18-7-3-1-4-8-18/h11-16,18,20-24H,1-10H2,(H,30,33)(H,31,34)/t21-,22+,23-,24-,28-/m1/s1.